The van der Waals surface area contributed by atoms with Crippen molar-refractivity contribution in [2.75, 3.05) is 6.61 Å². The number of fused-ring (bicyclic) bond motifs is 1. The molecule has 4 atom stereocenters. The van der Waals surface area contributed by atoms with Gasteiger partial charge in [-0.25, -0.2) is 0 Å². The summed E-state index contributed by atoms with van der Waals surface area (Å²) in [5.74, 6) is 0. The van der Waals surface area contributed by atoms with Gasteiger partial charge in [0, 0.05) is 5.41 Å². The van der Waals surface area contributed by atoms with E-state index in [-0.39, 0.29) is 13.2 Å². The zero-order valence-corrected chi connectivity index (χ0v) is 11.6. The van der Waals surface area contributed by atoms with E-state index in [1.54, 1.807) is 13.8 Å². The average molecular weight is 280 g/mol. The Morgan fingerprint density at radius 3 is 2.35 bits per heavy atom. The first-order valence-electron chi connectivity index (χ1n) is 6.76. The number of aliphatic hydroxyl groups is 3. The molecule has 110 valence electrons. The van der Waals surface area contributed by atoms with Crippen LogP contribution in [0, 0.1) is 5.41 Å². The van der Waals surface area contributed by atoms with Gasteiger partial charge in [0.1, 0.15) is 11.7 Å². The zero-order chi connectivity index (χ0) is 14.6. The van der Waals surface area contributed by atoms with Gasteiger partial charge in [0.15, 0.2) is 11.9 Å². The molecule has 3 N–H and O–H groups in total. The Bertz CT molecular complexity index is 502. The van der Waals surface area contributed by atoms with Gasteiger partial charge in [-0.1, -0.05) is 44.2 Å². The minimum Gasteiger partial charge on any atom is -0.394 e. The lowest BCUT2D eigenvalue weighted by atomic mass is 10.0. The Labute approximate surface area is 117 Å². The number of ether oxygens (including phenoxy) is 2. The van der Waals surface area contributed by atoms with Gasteiger partial charge in [0.05, 0.1) is 13.2 Å². The Balaban J connectivity index is 1.76. The molecule has 1 aromatic rings. The monoisotopic (exact) mass is 280 g/mol. The summed E-state index contributed by atoms with van der Waals surface area (Å²) in [6, 6.07) is 9.53. The molecule has 20 heavy (non-hydrogen) atoms. The average Bonchev–Trinajstić information content (AvgIpc) is 2.69. The standard InChI is InChI=1S/C15H20O5/c1-13(2)14(17)11(8-16)20-12(15(13,14)18)19-9-10-6-4-3-5-7-10/h3-7,11-12,16-18H,8-9H2,1-2H3/t11-,12-,14+,15-/m1/s1. The molecule has 1 aliphatic carbocycles. The fourth-order valence-electron chi connectivity index (χ4n) is 3.45. The van der Waals surface area contributed by atoms with Gasteiger partial charge >= 0.3 is 0 Å². The first kappa shape index (κ1) is 14.0. The molecule has 0 radical (unpaired) electrons. The SMILES string of the molecule is CC1(C)[C@]2(O)[C@H](OCc3ccccc3)O[C@H](CO)[C@]12O. The molecule has 0 unspecified atom stereocenters. The van der Waals surface area contributed by atoms with E-state index in [1.165, 1.54) is 0 Å². The molecule has 1 saturated heterocycles. The van der Waals surface area contributed by atoms with E-state index in [1.807, 2.05) is 30.3 Å². The summed E-state index contributed by atoms with van der Waals surface area (Å²) < 4.78 is 11.1. The second-order valence-electron chi connectivity index (χ2n) is 6.09. The minimum absolute atomic E-state index is 0.276. The predicted octanol–water partition coefficient (Wildman–Crippen LogP) is 0.422. The highest BCUT2D eigenvalue weighted by Crippen LogP contribution is 2.72. The molecule has 5 nitrogen and oxygen atoms in total. The lowest BCUT2D eigenvalue weighted by molar-refractivity contribution is -0.217. The van der Waals surface area contributed by atoms with Crippen LogP contribution in [-0.4, -0.2) is 45.5 Å². The second kappa shape index (κ2) is 4.26. The molecule has 0 amide bonds. The molecule has 0 bridgehead atoms. The quantitative estimate of drug-likeness (QED) is 0.745. The van der Waals surface area contributed by atoms with Crippen molar-refractivity contribution in [1.29, 1.82) is 0 Å². The highest BCUT2D eigenvalue weighted by molar-refractivity contribution is 5.39. The molecular formula is C15H20O5. The van der Waals surface area contributed by atoms with Crippen LogP contribution in [0.1, 0.15) is 19.4 Å². The third-order valence-electron chi connectivity index (χ3n) is 4.93. The van der Waals surface area contributed by atoms with Crippen molar-refractivity contribution in [2.24, 2.45) is 5.41 Å². The fraction of sp³-hybridized carbons (Fsp3) is 0.600. The van der Waals surface area contributed by atoms with Gasteiger partial charge in [0.25, 0.3) is 0 Å². The summed E-state index contributed by atoms with van der Waals surface area (Å²) in [5.41, 5.74) is -2.76. The Kier molecular flexibility index (Phi) is 2.97. The molecule has 2 fully saturated rings. The first-order valence-corrected chi connectivity index (χ1v) is 6.76. The molecule has 3 rings (SSSR count). The van der Waals surface area contributed by atoms with Gasteiger partial charge in [-0.15, -0.1) is 0 Å². The van der Waals surface area contributed by atoms with Crippen LogP contribution in [0.4, 0.5) is 0 Å². The highest BCUT2D eigenvalue weighted by atomic mass is 16.7. The fourth-order valence-corrected chi connectivity index (χ4v) is 3.45. The highest BCUT2D eigenvalue weighted by Gasteiger charge is 2.92. The number of benzene rings is 1. The summed E-state index contributed by atoms with van der Waals surface area (Å²) in [4.78, 5) is 0. The molecule has 1 aromatic carbocycles. The Morgan fingerprint density at radius 1 is 1.15 bits per heavy atom. The van der Waals surface area contributed by atoms with Crippen LogP contribution in [0.2, 0.25) is 0 Å². The third kappa shape index (κ3) is 1.44. The Morgan fingerprint density at radius 2 is 1.80 bits per heavy atom. The molecule has 0 aromatic heterocycles. The van der Waals surface area contributed by atoms with Crippen LogP contribution < -0.4 is 0 Å². The minimum atomic E-state index is -1.48. The number of hydrogen-bond acceptors (Lipinski definition) is 5. The van der Waals surface area contributed by atoms with Crippen molar-refractivity contribution in [3.8, 4) is 0 Å². The van der Waals surface area contributed by atoms with Gasteiger partial charge < -0.3 is 24.8 Å². The smallest absolute Gasteiger partial charge is 0.190 e. The van der Waals surface area contributed by atoms with Crippen molar-refractivity contribution in [2.45, 2.75) is 44.1 Å². The van der Waals surface area contributed by atoms with Crippen molar-refractivity contribution >= 4 is 0 Å². The lowest BCUT2D eigenvalue weighted by Gasteiger charge is -2.26. The van der Waals surface area contributed by atoms with Crippen LogP contribution in [-0.2, 0) is 16.1 Å². The number of rotatable bonds is 4. The summed E-state index contributed by atoms with van der Waals surface area (Å²) in [6.07, 6.45) is -1.77. The molecule has 1 heterocycles. The third-order valence-corrected chi connectivity index (χ3v) is 4.93. The zero-order valence-electron chi connectivity index (χ0n) is 11.6. The maximum Gasteiger partial charge on any atom is 0.190 e. The van der Waals surface area contributed by atoms with Crippen LogP contribution in [0.5, 0.6) is 0 Å². The molecule has 2 aliphatic rings. The molecular weight excluding hydrogens is 260 g/mol. The van der Waals surface area contributed by atoms with Crippen LogP contribution >= 0.6 is 0 Å². The second-order valence-corrected chi connectivity index (χ2v) is 6.09. The van der Waals surface area contributed by atoms with E-state index in [2.05, 4.69) is 0 Å². The summed E-state index contributed by atoms with van der Waals surface area (Å²) in [7, 11) is 0. The van der Waals surface area contributed by atoms with Gasteiger partial charge in [0.2, 0.25) is 0 Å². The van der Waals surface area contributed by atoms with E-state index in [9.17, 15) is 15.3 Å². The Hall–Kier alpha value is -0.980. The van der Waals surface area contributed by atoms with Crippen molar-refractivity contribution in [3.63, 3.8) is 0 Å². The number of aliphatic hydroxyl groups excluding tert-OH is 1. The summed E-state index contributed by atoms with van der Waals surface area (Å²) in [5, 5.41) is 30.6. The van der Waals surface area contributed by atoms with E-state index in [4.69, 9.17) is 9.47 Å². The molecule has 1 saturated carbocycles. The van der Waals surface area contributed by atoms with E-state index >= 15 is 0 Å². The molecule has 1 aliphatic heterocycles. The number of hydrogen-bond donors (Lipinski definition) is 3. The maximum absolute atomic E-state index is 10.7. The normalized spacial score (nSPS) is 41.5. The predicted molar refractivity (Wildman–Crippen MR) is 70.7 cm³/mol. The van der Waals surface area contributed by atoms with Crippen molar-refractivity contribution < 1.29 is 24.8 Å². The van der Waals surface area contributed by atoms with Crippen molar-refractivity contribution in [3.05, 3.63) is 35.9 Å². The topological polar surface area (TPSA) is 79.2 Å². The van der Waals surface area contributed by atoms with E-state index in [0.29, 0.717) is 0 Å². The van der Waals surface area contributed by atoms with Gasteiger partial charge in [-0.05, 0) is 5.56 Å². The lowest BCUT2D eigenvalue weighted by Crippen LogP contribution is -2.37. The van der Waals surface area contributed by atoms with E-state index < -0.39 is 29.0 Å². The first-order chi connectivity index (χ1) is 9.39. The summed E-state index contributed by atoms with van der Waals surface area (Å²) in [6.45, 7) is 3.42. The molecule has 5 heteroatoms. The van der Waals surface area contributed by atoms with Crippen LogP contribution in [0.3, 0.4) is 0 Å². The molecule has 0 spiro atoms. The van der Waals surface area contributed by atoms with Gasteiger partial charge in [-0.3, -0.25) is 0 Å². The maximum atomic E-state index is 10.7. The largest absolute Gasteiger partial charge is 0.394 e. The van der Waals surface area contributed by atoms with Gasteiger partial charge in [-0.2, -0.15) is 0 Å². The van der Waals surface area contributed by atoms with Crippen LogP contribution in [0.25, 0.3) is 0 Å². The summed E-state index contributed by atoms with van der Waals surface area (Å²) >= 11 is 0. The van der Waals surface area contributed by atoms with Crippen molar-refractivity contribution in [1.82, 2.24) is 0 Å². The van der Waals surface area contributed by atoms with E-state index in [0.717, 1.165) is 5.56 Å². The van der Waals surface area contributed by atoms with Crippen LogP contribution in [0.15, 0.2) is 30.3 Å².